The number of fused-ring (bicyclic) bond motifs is 3. The summed E-state index contributed by atoms with van der Waals surface area (Å²) < 4.78 is 1.26. The van der Waals surface area contributed by atoms with E-state index in [1.165, 1.54) is 33.7 Å². The third-order valence-corrected chi connectivity index (χ3v) is 5.39. The molecule has 1 aromatic rings. The average molecular weight is 270 g/mol. The number of nitrogens with one attached hydrogen (secondary N) is 1. The van der Waals surface area contributed by atoms with Gasteiger partial charge in [-0.15, -0.1) is 11.8 Å². The van der Waals surface area contributed by atoms with Crippen LogP contribution in [0, 0.1) is 5.92 Å². The Morgan fingerprint density at radius 1 is 1.43 bits per heavy atom. The number of thioether (sulfide) groups is 1. The van der Waals surface area contributed by atoms with Crippen LogP contribution in [0.1, 0.15) is 18.0 Å². The molecular weight excluding hydrogens is 258 g/mol. The first-order valence-corrected chi connectivity index (χ1v) is 6.79. The van der Waals surface area contributed by atoms with Gasteiger partial charge in [-0.1, -0.05) is 12.1 Å². The van der Waals surface area contributed by atoms with Crippen LogP contribution >= 0.6 is 27.7 Å². The summed E-state index contributed by atoms with van der Waals surface area (Å²) in [6, 6.07) is 7.17. The summed E-state index contributed by atoms with van der Waals surface area (Å²) in [5, 5.41) is 3.61. The van der Waals surface area contributed by atoms with Gasteiger partial charge in [-0.25, -0.2) is 0 Å². The fourth-order valence-electron chi connectivity index (χ4n) is 2.41. The van der Waals surface area contributed by atoms with E-state index in [9.17, 15) is 0 Å². The van der Waals surface area contributed by atoms with Crippen LogP contribution in [-0.4, -0.2) is 12.3 Å². The largest absolute Gasteiger partial charge is 0.310 e. The third kappa shape index (κ3) is 1.34. The minimum Gasteiger partial charge on any atom is -0.310 e. The van der Waals surface area contributed by atoms with E-state index >= 15 is 0 Å². The minimum atomic E-state index is 0.615. The maximum Gasteiger partial charge on any atom is 0.0368 e. The highest BCUT2D eigenvalue weighted by molar-refractivity contribution is 9.10. The normalized spacial score (nSPS) is 29.8. The lowest BCUT2D eigenvalue weighted by atomic mass is 9.95. The van der Waals surface area contributed by atoms with Gasteiger partial charge in [0.25, 0.3) is 0 Å². The van der Waals surface area contributed by atoms with Gasteiger partial charge >= 0.3 is 0 Å². The standard InChI is InChI=1S/C11H12BrNS/c12-9-3-1-2-8-10-7(4-5-13-10)6-14-11(8)9/h1-3,7,10,13H,4-6H2. The van der Waals surface area contributed by atoms with Crippen LogP contribution < -0.4 is 5.32 Å². The van der Waals surface area contributed by atoms with Crippen LogP contribution in [0.4, 0.5) is 0 Å². The first-order valence-electron chi connectivity index (χ1n) is 5.01. The van der Waals surface area contributed by atoms with E-state index < -0.39 is 0 Å². The lowest BCUT2D eigenvalue weighted by molar-refractivity contribution is 0.496. The Kier molecular flexibility index (Phi) is 2.34. The van der Waals surface area contributed by atoms with E-state index in [-0.39, 0.29) is 0 Å². The van der Waals surface area contributed by atoms with Gasteiger partial charge in [0.15, 0.2) is 0 Å². The molecule has 2 atom stereocenters. The van der Waals surface area contributed by atoms with E-state index in [1.54, 1.807) is 0 Å². The van der Waals surface area contributed by atoms with Gasteiger partial charge in [-0.05, 0) is 46.4 Å². The first kappa shape index (κ1) is 9.25. The molecule has 3 heteroatoms. The van der Waals surface area contributed by atoms with Crippen molar-refractivity contribution in [1.82, 2.24) is 5.32 Å². The number of halogens is 1. The van der Waals surface area contributed by atoms with Crippen molar-refractivity contribution >= 4 is 27.7 Å². The van der Waals surface area contributed by atoms with E-state index in [4.69, 9.17) is 0 Å². The Hall–Kier alpha value is 0.01000. The van der Waals surface area contributed by atoms with Gasteiger partial charge in [-0.2, -0.15) is 0 Å². The molecule has 0 spiro atoms. The quantitative estimate of drug-likeness (QED) is 0.777. The van der Waals surface area contributed by atoms with Gasteiger partial charge < -0.3 is 5.32 Å². The van der Waals surface area contributed by atoms with E-state index in [2.05, 4.69) is 39.4 Å². The van der Waals surface area contributed by atoms with Crippen molar-refractivity contribution in [2.75, 3.05) is 12.3 Å². The second kappa shape index (κ2) is 3.54. The molecule has 2 unspecified atom stereocenters. The molecule has 1 N–H and O–H groups in total. The fraction of sp³-hybridized carbons (Fsp3) is 0.455. The number of benzene rings is 1. The monoisotopic (exact) mass is 269 g/mol. The van der Waals surface area contributed by atoms with Crippen LogP contribution in [0.3, 0.4) is 0 Å². The van der Waals surface area contributed by atoms with Crippen molar-refractivity contribution < 1.29 is 0 Å². The molecule has 3 rings (SSSR count). The molecule has 14 heavy (non-hydrogen) atoms. The molecule has 74 valence electrons. The minimum absolute atomic E-state index is 0.615. The Morgan fingerprint density at radius 3 is 3.29 bits per heavy atom. The molecule has 1 aromatic carbocycles. The molecule has 0 aliphatic carbocycles. The van der Waals surface area contributed by atoms with Crippen molar-refractivity contribution in [3.05, 3.63) is 28.2 Å². The van der Waals surface area contributed by atoms with Crippen molar-refractivity contribution in [3.63, 3.8) is 0 Å². The molecule has 1 saturated heterocycles. The Bertz CT molecular complexity index is 366. The highest BCUT2D eigenvalue weighted by Gasteiger charge is 2.33. The van der Waals surface area contributed by atoms with E-state index in [0.717, 1.165) is 5.92 Å². The summed E-state index contributed by atoms with van der Waals surface area (Å²) in [7, 11) is 0. The van der Waals surface area contributed by atoms with Gasteiger partial charge in [-0.3, -0.25) is 0 Å². The fourth-order valence-corrected chi connectivity index (χ4v) is 4.45. The highest BCUT2D eigenvalue weighted by Crippen LogP contribution is 2.45. The molecule has 0 amide bonds. The molecular formula is C11H12BrNS. The first-order chi connectivity index (χ1) is 6.86. The third-order valence-electron chi connectivity index (χ3n) is 3.13. The van der Waals surface area contributed by atoms with Crippen LogP contribution in [0.15, 0.2) is 27.6 Å². The summed E-state index contributed by atoms with van der Waals surface area (Å²) in [6.45, 7) is 1.18. The van der Waals surface area contributed by atoms with E-state index in [1.807, 2.05) is 11.8 Å². The summed E-state index contributed by atoms with van der Waals surface area (Å²) in [4.78, 5) is 1.45. The Labute approximate surface area is 96.8 Å². The maximum absolute atomic E-state index is 3.63. The number of hydrogen-bond donors (Lipinski definition) is 1. The summed E-state index contributed by atoms with van der Waals surface area (Å²) in [5.74, 6) is 2.12. The van der Waals surface area contributed by atoms with Crippen molar-refractivity contribution in [2.24, 2.45) is 5.92 Å². The number of hydrogen-bond acceptors (Lipinski definition) is 2. The molecule has 0 aromatic heterocycles. The second-order valence-corrected chi connectivity index (χ2v) is 5.83. The van der Waals surface area contributed by atoms with E-state index in [0.29, 0.717) is 6.04 Å². The van der Waals surface area contributed by atoms with Crippen molar-refractivity contribution in [2.45, 2.75) is 17.4 Å². The van der Waals surface area contributed by atoms with Crippen LogP contribution in [0.25, 0.3) is 0 Å². The molecule has 1 nitrogen and oxygen atoms in total. The lowest BCUT2D eigenvalue weighted by Crippen LogP contribution is -2.23. The molecule has 1 fully saturated rings. The molecule has 0 radical (unpaired) electrons. The summed E-state index contributed by atoms with van der Waals surface area (Å²) >= 11 is 5.64. The van der Waals surface area contributed by atoms with Crippen LogP contribution in [0.2, 0.25) is 0 Å². The van der Waals surface area contributed by atoms with Gasteiger partial charge in [0.2, 0.25) is 0 Å². The molecule has 2 aliphatic heterocycles. The zero-order valence-electron chi connectivity index (χ0n) is 7.79. The SMILES string of the molecule is Brc1cccc2c1SCC1CCNC21. The average Bonchev–Trinajstić information content (AvgIpc) is 2.66. The van der Waals surface area contributed by atoms with Crippen molar-refractivity contribution in [1.29, 1.82) is 0 Å². The molecule has 0 saturated carbocycles. The summed E-state index contributed by atoms with van der Waals surface area (Å²) in [5.41, 5.74) is 1.50. The molecule has 0 bridgehead atoms. The Morgan fingerprint density at radius 2 is 2.36 bits per heavy atom. The van der Waals surface area contributed by atoms with Crippen molar-refractivity contribution in [3.8, 4) is 0 Å². The van der Waals surface area contributed by atoms with Crippen LogP contribution in [0.5, 0.6) is 0 Å². The smallest absolute Gasteiger partial charge is 0.0368 e. The second-order valence-electron chi connectivity index (χ2n) is 3.95. The van der Waals surface area contributed by atoms with Gasteiger partial charge in [0, 0.05) is 21.2 Å². The zero-order valence-corrected chi connectivity index (χ0v) is 10.2. The highest BCUT2D eigenvalue weighted by atomic mass is 79.9. The molecule has 2 aliphatic rings. The van der Waals surface area contributed by atoms with Crippen LogP contribution in [-0.2, 0) is 0 Å². The van der Waals surface area contributed by atoms with Gasteiger partial charge in [0.1, 0.15) is 0 Å². The topological polar surface area (TPSA) is 12.0 Å². The summed E-state index contributed by atoms with van der Waals surface area (Å²) in [6.07, 6.45) is 1.34. The molecule has 2 heterocycles. The predicted molar refractivity (Wildman–Crippen MR) is 63.7 cm³/mol. The Balaban J connectivity index is 2.09. The predicted octanol–water partition coefficient (Wildman–Crippen LogP) is 3.21. The lowest BCUT2D eigenvalue weighted by Gasteiger charge is -2.28. The zero-order chi connectivity index (χ0) is 9.54. The van der Waals surface area contributed by atoms with Gasteiger partial charge in [0.05, 0.1) is 0 Å². The maximum atomic E-state index is 3.63. The number of rotatable bonds is 0.